The largest absolute Gasteiger partial charge is 0.376 e. The molecule has 0 unspecified atom stereocenters. The fourth-order valence-electron chi connectivity index (χ4n) is 6.08. The van der Waals surface area contributed by atoms with Gasteiger partial charge < -0.3 is 19.3 Å². The highest BCUT2D eigenvalue weighted by Gasteiger charge is 2.46. The Kier molecular flexibility index (Phi) is 9.71. The molecule has 2 aliphatic heterocycles. The lowest BCUT2D eigenvalue weighted by Crippen LogP contribution is -2.52. The van der Waals surface area contributed by atoms with Gasteiger partial charge in [-0.15, -0.1) is 0 Å². The number of carbonyl (C=O) groups is 1. The van der Waals surface area contributed by atoms with E-state index in [0.717, 1.165) is 18.2 Å². The maximum Gasteiger partial charge on any atom is 0.252 e. The molecule has 12 heteroatoms. The average Bonchev–Trinajstić information content (AvgIpc) is 3.75. The summed E-state index contributed by atoms with van der Waals surface area (Å²) < 4.78 is 72.1. The third-order valence-corrected chi connectivity index (χ3v) is 8.64. The lowest BCUT2D eigenvalue weighted by molar-refractivity contribution is -0.153. The third kappa shape index (κ3) is 6.82. The standard InChI is InChI=1S/C32H39F4N5O3/c1-5-39-17-21(26(36)19-39)18-40(31(42)27-10-7-13-44-27)28(32(2,3)43-4)30-37-29(24-15-23(34)11-12-25(24)35)38-41(30)16-20-8-6-9-22(33)14-20/h6,8-9,11-12,14-15,21,26-28H,5,7,10,13,16-19H2,1-4H3/t21-,26-,27-,28-/m0/s1. The molecule has 4 atom stereocenters. The first kappa shape index (κ1) is 32.1. The number of benzene rings is 2. The van der Waals surface area contributed by atoms with Gasteiger partial charge in [-0.25, -0.2) is 27.2 Å². The molecule has 44 heavy (non-hydrogen) atoms. The van der Waals surface area contributed by atoms with E-state index < -0.39 is 47.3 Å². The SMILES string of the molecule is CCN1C[C@@H](CN(C(=O)[C@@H]2CCCO2)[C@@H](c2nc(-c3cc(F)ccc3F)nn2Cc2cccc(F)c2)C(C)(C)OC)[C@@H](F)C1. The van der Waals surface area contributed by atoms with E-state index in [1.165, 1.54) is 23.9 Å². The zero-order valence-corrected chi connectivity index (χ0v) is 25.5. The molecule has 2 saturated heterocycles. The van der Waals surface area contributed by atoms with Crippen LogP contribution in [-0.4, -0.2) is 88.2 Å². The number of amides is 1. The minimum atomic E-state index is -1.16. The lowest BCUT2D eigenvalue weighted by Gasteiger charge is -2.42. The molecule has 8 nitrogen and oxygen atoms in total. The van der Waals surface area contributed by atoms with Gasteiger partial charge in [-0.05, 0) is 69.1 Å². The molecule has 0 spiro atoms. The molecule has 2 fully saturated rings. The van der Waals surface area contributed by atoms with Gasteiger partial charge >= 0.3 is 0 Å². The van der Waals surface area contributed by atoms with E-state index >= 15 is 4.39 Å². The summed E-state index contributed by atoms with van der Waals surface area (Å²) in [5, 5.41) is 4.56. The molecule has 1 aromatic heterocycles. The van der Waals surface area contributed by atoms with Gasteiger partial charge in [0.25, 0.3) is 5.91 Å². The van der Waals surface area contributed by atoms with Crippen molar-refractivity contribution in [1.29, 1.82) is 0 Å². The molecular formula is C32H39F4N5O3. The lowest BCUT2D eigenvalue weighted by atomic mass is 9.93. The zero-order valence-electron chi connectivity index (χ0n) is 25.5. The van der Waals surface area contributed by atoms with Crippen LogP contribution in [0.4, 0.5) is 17.6 Å². The Morgan fingerprint density at radius 2 is 1.93 bits per heavy atom. The molecule has 0 saturated carbocycles. The first-order valence-corrected chi connectivity index (χ1v) is 15.0. The van der Waals surface area contributed by atoms with Crippen molar-refractivity contribution in [3.8, 4) is 11.4 Å². The number of aromatic nitrogens is 3. The van der Waals surface area contributed by atoms with E-state index in [9.17, 15) is 18.0 Å². The van der Waals surface area contributed by atoms with E-state index in [0.29, 0.717) is 38.1 Å². The van der Waals surface area contributed by atoms with Crippen molar-refractivity contribution >= 4 is 5.91 Å². The van der Waals surface area contributed by atoms with Gasteiger partial charge in [0, 0.05) is 39.3 Å². The van der Waals surface area contributed by atoms with Crippen molar-refractivity contribution in [2.24, 2.45) is 5.92 Å². The van der Waals surface area contributed by atoms with Crippen LogP contribution in [0.25, 0.3) is 11.4 Å². The molecule has 1 amide bonds. The van der Waals surface area contributed by atoms with E-state index in [-0.39, 0.29) is 42.8 Å². The monoisotopic (exact) mass is 617 g/mol. The second kappa shape index (κ2) is 13.3. The van der Waals surface area contributed by atoms with Crippen molar-refractivity contribution in [3.05, 3.63) is 71.3 Å². The smallest absolute Gasteiger partial charge is 0.252 e. The molecule has 238 valence electrons. The predicted molar refractivity (Wildman–Crippen MR) is 156 cm³/mol. The number of rotatable bonds is 11. The van der Waals surface area contributed by atoms with Crippen LogP contribution in [0.5, 0.6) is 0 Å². The zero-order chi connectivity index (χ0) is 31.6. The average molecular weight is 618 g/mol. The van der Waals surface area contributed by atoms with Crippen LogP contribution in [0.3, 0.4) is 0 Å². The number of nitrogens with zero attached hydrogens (tertiary/aromatic N) is 5. The van der Waals surface area contributed by atoms with E-state index in [4.69, 9.17) is 14.5 Å². The normalized spacial score (nSPS) is 21.6. The van der Waals surface area contributed by atoms with Gasteiger partial charge in [0.2, 0.25) is 0 Å². The van der Waals surface area contributed by atoms with Crippen molar-refractivity contribution in [1.82, 2.24) is 24.6 Å². The van der Waals surface area contributed by atoms with Gasteiger partial charge in [-0.2, -0.15) is 5.10 Å². The fourth-order valence-corrected chi connectivity index (χ4v) is 6.08. The van der Waals surface area contributed by atoms with E-state index in [1.807, 2.05) is 11.8 Å². The first-order chi connectivity index (χ1) is 21.0. The Morgan fingerprint density at radius 1 is 1.16 bits per heavy atom. The molecule has 3 aromatic rings. The summed E-state index contributed by atoms with van der Waals surface area (Å²) in [5.41, 5.74) is -0.756. The van der Waals surface area contributed by atoms with E-state index in [1.54, 1.807) is 30.9 Å². The van der Waals surface area contributed by atoms with Crippen LogP contribution in [0.15, 0.2) is 42.5 Å². The maximum atomic E-state index is 15.4. The van der Waals surface area contributed by atoms with Crippen LogP contribution in [0, 0.1) is 23.4 Å². The second-order valence-electron chi connectivity index (χ2n) is 12.0. The molecular weight excluding hydrogens is 578 g/mol. The van der Waals surface area contributed by atoms with Crippen molar-refractivity contribution in [2.75, 3.05) is 39.9 Å². The van der Waals surface area contributed by atoms with Gasteiger partial charge in [0.1, 0.15) is 35.8 Å². The Labute approximate surface area is 255 Å². The summed E-state index contributed by atoms with van der Waals surface area (Å²) in [6, 6.07) is 7.93. The van der Waals surface area contributed by atoms with Gasteiger partial charge in [-0.3, -0.25) is 4.79 Å². The van der Waals surface area contributed by atoms with Crippen molar-refractivity contribution in [2.45, 2.75) is 64.1 Å². The molecule has 2 aromatic carbocycles. The summed E-state index contributed by atoms with van der Waals surface area (Å²) in [6.07, 6.45) is -0.675. The number of methoxy groups -OCH3 is 1. The summed E-state index contributed by atoms with van der Waals surface area (Å²) in [5.74, 6) is -2.61. The second-order valence-corrected chi connectivity index (χ2v) is 12.0. The van der Waals surface area contributed by atoms with Gasteiger partial charge in [0.05, 0.1) is 17.7 Å². The molecule has 5 rings (SSSR count). The Bertz CT molecular complexity index is 1460. The Morgan fingerprint density at radius 3 is 2.59 bits per heavy atom. The summed E-state index contributed by atoms with van der Waals surface area (Å²) >= 11 is 0. The van der Waals surface area contributed by atoms with Gasteiger partial charge in [-0.1, -0.05) is 19.1 Å². The van der Waals surface area contributed by atoms with Crippen LogP contribution in [-0.2, 0) is 20.8 Å². The number of likely N-dealkylation sites (tertiary alicyclic amines) is 1. The molecule has 0 radical (unpaired) electrons. The van der Waals surface area contributed by atoms with Gasteiger partial charge in [0.15, 0.2) is 11.6 Å². The Balaban J connectivity index is 1.67. The fraction of sp³-hybridized carbons (Fsp3) is 0.531. The van der Waals surface area contributed by atoms with Crippen LogP contribution < -0.4 is 0 Å². The molecule has 2 aliphatic rings. The van der Waals surface area contributed by atoms with Crippen LogP contribution in [0.2, 0.25) is 0 Å². The first-order valence-electron chi connectivity index (χ1n) is 15.0. The highest BCUT2D eigenvalue weighted by molar-refractivity contribution is 5.81. The molecule has 3 heterocycles. The van der Waals surface area contributed by atoms with Crippen LogP contribution in [0.1, 0.15) is 51.0 Å². The van der Waals surface area contributed by atoms with Crippen LogP contribution >= 0.6 is 0 Å². The molecule has 0 bridgehead atoms. The van der Waals surface area contributed by atoms with E-state index in [2.05, 4.69) is 5.10 Å². The summed E-state index contributed by atoms with van der Waals surface area (Å²) in [7, 11) is 1.49. The van der Waals surface area contributed by atoms with Crippen molar-refractivity contribution < 1.29 is 31.8 Å². The summed E-state index contributed by atoms with van der Waals surface area (Å²) in [6.45, 7) is 7.40. The number of alkyl halides is 1. The number of ether oxygens (including phenoxy) is 2. The predicted octanol–water partition coefficient (Wildman–Crippen LogP) is 5.17. The number of halogens is 4. The third-order valence-electron chi connectivity index (χ3n) is 8.64. The summed E-state index contributed by atoms with van der Waals surface area (Å²) in [4.78, 5) is 22.5. The highest BCUT2D eigenvalue weighted by atomic mass is 19.1. The maximum absolute atomic E-state index is 15.4. The highest BCUT2D eigenvalue weighted by Crippen LogP contribution is 2.38. The quantitative estimate of drug-likeness (QED) is 0.277. The minimum absolute atomic E-state index is 0.00799. The minimum Gasteiger partial charge on any atom is -0.376 e. The Hall–Kier alpha value is -3.35. The number of hydrogen-bond donors (Lipinski definition) is 0. The molecule has 0 N–H and O–H groups in total. The van der Waals surface area contributed by atoms with Crippen molar-refractivity contribution in [3.63, 3.8) is 0 Å². The molecule has 0 aliphatic carbocycles. The number of hydrogen-bond acceptors (Lipinski definition) is 6. The number of carbonyl (C=O) groups excluding carboxylic acids is 1. The topological polar surface area (TPSA) is 72.7 Å².